The molecule has 0 heteroatoms. The summed E-state index contributed by atoms with van der Waals surface area (Å²) in [6.45, 7) is 6.55. The second-order valence-corrected chi connectivity index (χ2v) is 6.75. The van der Waals surface area contributed by atoms with E-state index in [0.717, 1.165) is 0 Å². The molecule has 0 aliphatic carbocycles. The molecule has 0 radical (unpaired) electrons. The predicted octanol–water partition coefficient (Wildman–Crippen LogP) is 6.98. The molecule has 3 aromatic carbocycles. The summed E-state index contributed by atoms with van der Waals surface area (Å²) in [7, 11) is 0. The van der Waals surface area contributed by atoms with Crippen molar-refractivity contribution in [3.63, 3.8) is 0 Å². The van der Waals surface area contributed by atoms with Crippen molar-refractivity contribution in [3.05, 3.63) is 83.4 Å². The SMILES string of the molecule is CCCCc1ccc(-c2cc(C)cc(-c3ccc(C)cc3)c2)cc1. The maximum Gasteiger partial charge on any atom is -0.0175 e. The summed E-state index contributed by atoms with van der Waals surface area (Å²) >= 11 is 0. The van der Waals surface area contributed by atoms with Crippen LogP contribution >= 0.6 is 0 Å². The molecule has 0 bridgehead atoms. The summed E-state index contributed by atoms with van der Waals surface area (Å²) in [5, 5.41) is 0. The van der Waals surface area contributed by atoms with Gasteiger partial charge in [-0.1, -0.05) is 79.6 Å². The Morgan fingerprint density at radius 1 is 0.583 bits per heavy atom. The summed E-state index contributed by atoms with van der Waals surface area (Å²) < 4.78 is 0. The number of rotatable bonds is 5. The van der Waals surface area contributed by atoms with Crippen LogP contribution in [0.5, 0.6) is 0 Å². The van der Waals surface area contributed by atoms with Gasteiger partial charge in [0.15, 0.2) is 0 Å². The first kappa shape index (κ1) is 16.5. The highest BCUT2D eigenvalue weighted by Gasteiger charge is 2.04. The van der Waals surface area contributed by atoms with Crippen LogP contribution in [0.2, 0.25) is 0 Å². The van der Waals surface area contributed by atoms with Gasteiger partial charge < -0.3 is 0 Å². The van der Waals surface area contributed by atoms with Crippen LogP contribution in [0.1, 0.15) is 36.5 Å². The van der Waals surface area contributed by atoms with E-state index in [1.165, 1.54) is 58.2 Å². The van der Waals surface area contributed by atoms with Gasteiger partial charge in [0.25, 0.3) is 0 Å². The lowest BCUT2D eigenvalue weighted by atomic mass is 9.95. The summed E-state index contributed by atoms with van der Waals surface area (Å²) in [6, 6.07) is 24.7. The van der Waals surface area contributed by atoms with Crippen molar-refractivity contribution in [2.24, 2.45) is 0 Å². The fourth-order valence-electron chi connectivity index (χ4n) is 3.11. The Morgan fingerprint density at radius 3 is 1.67 bits per heavy atom. The van der Waals surface area contributed by atoms with Gasteiger partial charge in [-0.15, -0.1) is 0 Å². The van der Waals surface area contributed by atoms with Crippen LogP contribution in [0.25, 0.3) is 22.3 Å². The zero-order valence-corrected chi connectivity index (χ0v) is 15.0. The molecule has 0 spiro atoms. The van der Waals surface area contributed by atoms with Crippen molar-refractivity contribution < 1.29 is 0 Å². The highest BCUT2D eigenvalue weighted by atomic mass is 14.1. The Morgan fingerprint density at radius 2 is 1.12 bits per heavy atom. The minimum absolute atomic E-state index is 1.18. The fraction of sp³-hybridized carbons (Fsp3) is 0.250. The molecule has 0 saturated heterocycles. The van der Waals surface area contributed by atoms with Gasteiger partial charge in [-0.2, -0.15) is 0 Å². The lowest BCUT2D eigenvalue weighted by Gasteiger charge is -2.10. The van der Waals surface area contributed by atoms with Crippen LogP contribution in [0.15, 0.2) is 66.7 Å². The molecule has 3 rings (SSSR count). The second kappa shape index (κ2) is 7.49. The quantitative estimate of drug-likeness (QED) is 0.476. The molecule has 0 aromatic heterocycles. The first-order valence-electron chi connectivity index (χ1n) is 8.94. The van der Waals surface area contributed by atoms with Gasteiger partial charge in [0.1, 0.15) is 0 Å². The van der Waals surface area contributed by atoms with E-state index in [9.17, 15) is 0 Å². The molecule has 24 heavy (non-hydrogen) atoms. The topological polar surface area (TPSA) is 0 Å². The van der Waals surface area contributed by atoms with Crippen molar-refractivity contribution in [1.82, 2.24) is 0 Å². The zero-order valence-electron chi connectivity index (χ0n) is 15.0. The van der Waals surface area contributed by atoms with Gasteiger partial charge in [-0.3, -0.25) is 0 Å². The van der Waals surface area contributed by atoms with E-state index in [1.54, 1.807) is 0 Å². The van der Waals surface area contributed by atoms with Crippen molar-refractivity contribution in [3.8, 4) is 22.3 Å². The monoisotopic (exact) mass is 314 g/mol. The normalized spacial score (nSPS) is 10.8. The van der Waals surface area contributed by atoms with Crippen LogP contribution in [0.4, 0.5) is 0 Å². The van der Waals surface area contributed by atoms with Crippen molar-refractivity contribution in [1.29, 1.82) is 0 Å². The summed E-state index contributed by atoms with van der Waals surface area (Å²) in [5.41, 5.74) is 9.21. The fourth-order valence-corrected chi connectivity index (χ4v) is 3.11. The van der Waals surface area contributed by atoms with E-state index < -0.39 is 0 Å². The molecule has 0 aliphatic rings. The highest BCUT2D eigenvalue weighted by Crippen LogP contribution is 2.28. The van der Waals surface area contributed by atoms with Crippen LogP contribution < -0.4 is 0 Å². The maximum absolute atomic E-state index is 2.30. The molecule has 0 fully saturated rings. The van der Waals surface area contributed by atoms with Crippen LogP contribution in [0.3, 0.4) is 0 Å². The molecular formula is C24H26. The molecule has 122 valence electrons. The second-order valence-electron chi connectivity index (χ2n) is 6.75. The molecule has 3 aromatic rings. The number of unbranched alkanes of at least 4 members (excludes halogenated alkanes) is 1. The predicted molar refractivity (Wildman–Crippen MR) is 105 cm³/mol. The Bertz CT molecular complexity index is 792. The number of hydrogen-bond donors (Lipinski definition) is 0. The molecule has 0 aliphatic heterocycles. The number of aryl methyl sites for hydroxylation is 3. The molecule has 0 atom stereocenters. The van der Waals surface area contributed by atoms with E-state index >= 15 is 0 Å². The number of benzene rings is 3. The Balaban J connectivity index is 1.92. The zero-order chi connectivity index (χ0) is 16.9. The molecular weight excluding hydrogens is 288 g/mol. The number of hydrogen-bond acceptors (Lipinski definition) is 0. The third-order valence-electron chi connectivity index (χ3n) is 4.57. The van der Waals surface area contributed by atoms with E-state index in [4.69, 9.17) is 0 Å². The molecule has 0 heterocycles. The first-order valence-corrected chi connectivity index (χ1v) is 8.94. The molecule has 0 N–H and O–H groups in total. The van der Waals surface area contributed by atoms with Crippen LogP contribution in [-0.2, 0) is 6.42 Å². The third kappa shape index (κ3) is 3.94. The van der Waals surface area contributed by atoms with Crippen molar-refractivity contribution >= 4 is 0 Å². The summed E-state index contributed by atoms with van der Waals surface area (Å²) in [6.07, 6.45) is 3.69. The lowest BCUT2D eigenvalue weighted by Crippen LogP contribution is -1.87. The van der Waals surface area contributed by atoms with E-state index in [0.29, 0.717) is 0 Å². The van der Waals surface area contributed by atoms with E-state index in [1.807, 2.05) is 0 Å². The Hall–Kier alpha value is -2.34. The van der Waals surface area contributed by atoms with Gasteiger partial charge in [-0.05, 0) is 66.1 Å². The molecule has 0 saturated carbocycles. The van der Waals surface area contributed by atoms with Gasteiger partial charge in [-0.25, -0.2) is 0 Å². The van der Waals surface area contributed by atoms with Crippen molar-refractivity contribution in [2.45, 2.75) is 40.0 Å². The minimum atomic E-state index is 1.18. The smallest absolute Gasteiger partial charge is 0.0175 e. The van der Waals surface area contributed by atoms with Crippen LogP contribution in [-0.4, -0.2) is 0 Å². The maximum atomic E-state index is 2.30. The summed E-state index contributed by atoms with van der Waals surface area (Å²) in [4.78, 5) is 0. The van der Waals surface area contributed by atoms with Crippen LogP contribution in [0, 0.1) is 13.8 Å². The third-order valence-corrected chi connectivity index (χ3v) is 4.57. The van der Waals surface area contributed by atoms with Gasteiger partial charge in [0.05, 0.1) is 0 Å². The molecule has 0 unspecified atom stereocenters. The van der Waals surface area contributed by atoms with Crippen molar-refractivity contribution in [2.75, 3.05) is 0 Å². The van der Waals surface area contributed by atoms with Gasteiger partial charge in [0.2, 0.25) is 0 Å². The first-order chi connectivity index (χ1) is 11.7. The van der Waals surface area contributed by atoms with E-state index in [-0.39, 0.29) is 0 Å². The Kier molecular flexibility index (Phi) is 5.15. The average Bonchev–Trinajstić information content (AvgIpc) is 2.60. The molecule has 0 amide bonds. The Labute approximate surface area is 146 Å². The summed E-state index contributed by atoms with van der Waals surface area (Å²) in [5.74, 6) is 0. The van der Waals surface area contributed by atoms with Gasteiger partial charge >= 0.3 is 0 Å². The highest BCUT2D eigenvalue weighted by molar-refractivity contribution is 5.74. The van der Waals surface area contributed by atoms with E-state index in [2.05, 4.69) is 87.5 Å². The molecule has 0 nitrogen and oxygen atoms in total. The average molecular weight is 314 g/mol. The largest absolute Gasteiger partial charge is 0.0654 e. The van der Waals surface area contributed by atoms with Gasteiger partial charge in [0, 0.05) is 0 Å². The minimum Gasteiger partial charge on any atom is -0.0654 e. The standard InChI is InChI=1S/C24H26/c1-4-5-6-20-9-13-22(14-10-20)24-16-19(3)15-23(17-24)21-11-7-18(2)8-12-21/h7-17H,4-6H2,1-3H3. The lowest BCUT2D eigenvalue weighted by molar-refractivity contribution is 0.795.